The van der Waals surface area contributed by atoms with E-state index in [1.54, 1.807) is 0 Å². The van der Waals surface area contributed by atoms with E-state index < -0.39 is 0 Å². The summed E-state index contributed by atoms with van der Waals surface area (Å²) in [4.78, 5) is 0. The molecule has 0 amide bonds. The lowest BCUT2D eigenvalue weighted by Gasteiger charge is -2.31. The van der Waals surface area contributed by atoms with Crippen LogP contribution in [-0.4, -0.2) is 0 Å². The van der Waals surface area contributed by atoms with Crippen molar-refractivity contribution in [3.63, 3.8) is 0 Å². The first-order valence-electron chi connectivity index (χ1n) is 7.82. The van der Waals surface area contributed by atoms with Crippen LogP contribution in [0, 0.1) is 0 Å². The quantitative estimate of drug-likeness (QED) is 0.718. The molecule has 0 aromatic heterocycles. The van der Waals surface area contributed by atoms with Crippen LogP contribution in [0.1, 0.15) is 52.7 Å². The Morgan fingerprint density at radius 3 is 1.73 bits per heavy atom. The first kappa shape index (κ1) is 16.4. The topological polar surface area (TPSA) is 52.0 Å². The van der Waals surface area contributed by atoms with Crippen LogP contribution in [0.15, 0.2) is 36.4 Å². The van der Waals surface area contributed by atoms with E-state index in [-0.39, 0.29) is 10.8 Å². The van der Waals surface area contributed by atoms with E-state index in [4.69, 9.17) is 11.5 Å². The van der Waals surface area contributed by atoms with E-state index in [1.807, 2.05) is 18.2 Å². The normalized spacial score (nSPS) is 12.5. The second-order valence-electron chi connectivity index (χ2n) is 8.04. The number of rotatable bonds is 1. The molecule has 0 fully saturated rings. The number of anilines is 2. The van der Waals surface area contributed by atoms with Crippen LogP contribution in [0.4, 0.5) is 11.4 Å². The zero-order chi connectivity index (χ0) is 16.7. The molecule has 2 aromatic carbocycles. The average molecular weight is 296 g/mol. The zero-order valence-electron chi connectivity index (χ0n) is 14.6. The van der Waals surface area contributed by atoms with Gasteiger partial charge in [-0.15, -0.1) is 0 Å². The maximum absolute atomic E-state index is 6.53. The van der Waals surface area contributed by atoms with E-state index in [9.17, 15) is 0 Å². The van der Waals surface area contributed by atoms with Crippen molar-refractivity contribution in [3.8, 4) is 11.1 Å². The predicted molar refractivity (Wildman–Crippen MR) is 98.1 cm³/mol. The molecule has 0 saturated heterocycles. The Morgan fingerprint density at radius 2 is 1.27 bits per heavy atom. The van der Waals surface area contributed by atoms with Gasteiger partial charge in [0, 0.05) is 22.5 Å². The fourth-order valence-corrected chi connectivity index (χ4v) is 3.00. The van der Waals surface area contributed by atoms with Crippen LogP contribution < -0.4 is 11.5 Å². The number of hydrogen-bond acceptors (Lipinski definition) is 2. The highest BCUT2D eigenvalue weighted by Gasteiger charge is 2.28. The zero-order valence-corrected chi connectivity index (χ0v) is 14.6. The Hall–Kier alpha value is -1.96. The third-order valence-corrected chi connectivity index (χ3v) is 4.05. The second-order valence-corrected chi connectivity index (χ2v) is 8.04. The lowest BCUT2D eigenvalue weighted by atomic mass is 9.76. The van der Waals surface area contributed by atoms with Gasteiger partial charge in [0.15, 0.2) is 0 Å². The summed E-state index contributed by atoms with van der Waals surface area (Å²) >= 11 is 0. The van der Waals surface area contributed by atoms with Gasteiger partial charge in [0.1, 0.15) is 0 Å². The number of nitrogen functional groups attached to an aromatic ring is 2. The fraction of sp³-hybridized carbons (Fsp3) is 0.400. The second kappa shape index (κ2) is 5.35. The SMILES string of the molecule is CC(C)(C)c1cc(-c2ccccc2)c(N)c(C(C)(C)C)c1N. The Balaban J connectivity index is 2.87. The van der Waals surface area contributed by atoms with Gasteiger partial charge in [-0.1, -0.05) is 71.9 Å². The summed E-state index contributed by atoms with van der Waals surface area (Å²) in [6, 6.07) is 12.5. The molecular weight excluding hydrogens is 268 g/mol. The molecule has 0 bridgehead atoms. The van der Waals surface area contributed by atoms with Gasteiger partial charge in [0.2, 0.25) is 0 Å². The van der Waals surface area contributed by atoms with Crippen molar-refractivity contribution in [1.82, 2.24) is 0 Å². The first-order chi connectivity index (χ1) is 10.0. The van der Waals surface area contributed by atoms with Crippen molar-refractivity contribution in [2.75, 3.05) is 11.5 Å². The highest BCUT2D eigenvalue weighted by molar-refractivity contribution is 5.85. The van der Waals surface area contributed by atoms with Crippen molar-refractivity contribution in [1.29, 1.82) is 0 Å². The molecule has 2 aromatic rings. The van der Waals surface area contributed by atoms with E-state index in [1.165, 1.54) is 0 Å². The highest BCUT2D eigenvalue weighted by Crippen LogP contribution is 2.44. The Bertz CT molecular complexity index is 672. The van der Waals surface area contributed by atoms with Crippen LogP contribution in [0.2, 0.25) is 0 Å². The third-order valence-electron chi connectivity index (χ3n) is 4.05. The molecular formula is C20H28N2. The first-order valence-corrected chi connectivity index (χ1v) is 7.82. The smallest absolute Gasteiger partial charge is 0.0452 e. The summed E-state index contributed by atoms with van der Waals surface area (Å²) in [6.07, 6.45) is 0. The summed E-state index contributed by atoms with van der Waals surface area (Å²) in [7, 11) is 0. The molecule has 2 rings (SSSR count). The summed E-state index contributed by atoms with van der Waals surface area (Å²) in [5, 5.41) is 0. The molecule has 0 atom stereocenters. The van der Waals surface area contributed by atoms with E-state index in [0.717, 1.165) is 33.6 Å². The highest BCUT2D eigenvalue weighted by atomic mass is 14.7. The summed E-state index contributed by atoms with van der Waals surface area (Å²) in [6.45, 7) is 13.1. The minimum Gasteiger partial charge on any atom is -0.398 e. The minimum atomic E-state index is -0.0983. The molecule has 0 spiro atoms. The lowest BCUT2D eigenvalue weighted by molar-refractivity contribution is 0.575. The van der Waals surface area contributed by atoms with Gasteiger partial charge in [-0.3, -0.25) is 0 Å². The van der Waals surface area contributed by atoms with Gasteiger partial charge in [-0.2, -0.15) is 0 Å². The lowest BCUT2D eigenvalue weighted by Crippen LogP contribution is -2.22. The standard InChI is InChI=1S/C20H28N2/c1-19(2,3)15-12-14(13-10-8-7-9-11-13)17(21)16(18(15)22)20(4,5)6/h7-12H,21-22H2,1-6H3. The molecule has 0 aliphatic heterocycles. The Kier molecular flexibility index (Phi) is 3.99. The van der Waals surface area contributed by atoms with Gasteiger partial charge >= 0.3 is 0 Å². The van der Waals surface area contributed by atoms with E-state index in [0.29, 0.717) is 0 Å². The van der Waals surface area contributed by atoms with E-state index in [2.05, 4.69) is 59.7 Å². The van der Waals surface area contributed by atoms with Gasteiger partial charge in [-0.25, -0.2) is 0 Å². The predicted octanol–water partition coefficient (Wildman–Crippen LogP) is 5.11. The molecule has 0 unspecified atom stereocenters. The van der Waals surface area contributed by atoms with Crippen molar-refractivity contribution in [2.24, 2.45) is 0 Å². The van der Waals surface area contributed by atoms with Crippen LogP contribution in [-0.2, 0) is 10.8 Å². The maximum atomic E-state index is 6.53. The minimum absolute atomic E-state index is 0.0265. The van der Waals surface area contributed by atoms with Gasteiger partial charge in [0.25, 0.3) is 0 Å². The molecule has 4 N–H and O–H groups in total. The van der Waals surface area contributed by atoms with Crippen molar-refractivity contribution in [3.05, 3.63) is 47.5 Å². The van der Waals surface area contributed by atoms with Crippen molar-refractivity contribution < 1.29 is 0 Å². The Morgan fingerprint density at radius 1 is 0.727 bits per heavy atom. The van der Waals surface area contributed by atoms with Crippen LogP contribution in [0.5, 0.6) is 0 Å². The summed E-state index contributed by atoms with van der Waals surface area (Å²) in [5.41, 5.74) is 19.0. The number of hydrogen-bond donors (Lipinski definition) is 2. The molecule has 118 valence electrons. The van der Waals surface area contributed by atoms with Gasteiger partial charge in [0.05, 0.1) is 0 Å². The van der Waals surface area contributed by atoms with Crippen molar-refractivity contribution in [2.45, 2.75) is 52.4 Å². The van der Waals surface area contributed by atoms with Gasteiger partial charge < -0.3 is 11.5 Å². The largest absolute Gasteiger partial charge is 0.398 e. The average Bonchev–Trinajstić information content (AvgIpc) is 2.36. The fourth-order valence-electron chi connectivity index (χ4n) is 3.00. The van der Waals surface area contributed by atoms with Crippen LogP contribution in [0.25, 0.3) is 11.1 Å². The number of benzene rings is 2. The molecule has 2 nitrogen and oxygen atoms in total. The van der Waals surface area contributed by atoms with Crippen LogP contribution in [0.3, 0.4) is 0 Å². The van der Waals surface area contributed by atoms with Crippen molar-refractivity contribution >= 4 is 11.4 Å². The molecule has 0 aliphatic carbocycles. The Labute approximate surface area is 134 Å². The summed E-state index contributed by atoms with van der Waals surface area (Å²) < 4.78 is 0. The monoisotopic (exact) mass is 296 g/mol. The molecule has 22 heavy (non-hydrogen) atoms. The molecule has 2 heteroatoms. The van der Waals surface area contributed by atoms with Gasteiger partial charge in [-0.05, 0) is 28.0 Å². The molecule has 0 saturated carbocycles. The van der Waals surface area contributed by atoms with Crippen LogP contribution >= 0.6 is 0 Å². The summed E-state index contributed by atoms with van der Waals surface area (Å²) in [5.74, 6) is 0. The van der Waals surface area contributed by atoms with E-state index >= 15 is 0 Å². The molecule has 0 radical (unpaired) electrons. The molecule has 0 aliphatic rings. The molecule has 0 heterocycles. The number of nitrogens with two attached hydrogens (primary N) is 2. The third kappa shape index (κ3) is 2.96. The maximum Gasteiger partial charge on any atom is 0.0452 e.